The van der Waals surface area contributed by atoms with E-state index in [0.29, 0.717) is 19.3 Å². The first-order chi connectivity index (χ1) is 13.1. The van der Waals surface area contributed by atoms with E-state index in [2.05, 4.69) is 44.0 Å². The van der Waals surface area contributed by atoms with Gasteiger partial charge in [-0.2, -0.15) is 0 Å². The lowest BCUT2D eigenvalue weighted by molar-refractivity contribution is -0.120. The Morgan fingerprint density at radius 2 is 2.00 bits per heavy atom. The lowest BCUT2D eigenvalue weighted by atomic mass is 10.2. The molecule has 1 saturated heterocycles. The Hall–Kier alpha value is -2.06. The molecule has 144 valence electrons. The Bertz CT molecular complexity index is 814. The molecule has 0 unspecified atom stereocenters. The molecule has 0 radical (unpaired) electrons. The molecule has 0 bridgehead atoms. The number of aryl methyl sites for hydroxylation is 1. The van der Waals surface area contributed by atoms with Crippen LogP contribution in [-0.4, -0.2) is 58.3 Å². The van der Waals surface area contributed by atoms with Gasteiger partial charge < -0.3 is 15.0 Å². The number of carbonyl (C=O) groups excluding carboxylic acids is 1. The SMILES string of the molecule is Cc1ccccc1-n1c(S[C@H](C)C(=O)NC2CC2)nnc1N1CCOCC1. The third-order valence-corrected chi connectivity index (χ3v) is 5.88. The predicted molar refractivity (Wildman–Crippen MR) is 106 cm³/mol. The van der Waals surface area contributed by atoms with Gasteiger partial charge in [-0.25, -0.2) is 0 Å². The van der Waals surface area contributed by atoms with E-state index in [0.717, 1.165) is 48.3 Å². The Morgan fingerprint density at radius 3 is 2.70 bits per heavy atom. The summed E-state index contributed by atoms with van der Waals surface area (Å²) in [4.78, 5) is 14.6. The van der Waals surface area contributed by atoms with Crippen LogP contribution in [0.15, 0.2) is 29.4 Å². The van der Waals surface area contributed by atoms with Crippen LogP contribution in [0.25, 0.3) is 5.69 Å². The third kappa shape index (κ3) is 4.11. The Balaban J connectivity index is 1.65. The van der Waals surface area contributed by atoms with Crippen molar-refractivity contribution in [3.05, 3.63) is 29.8 Å². The minimum Gasteiger partial charge on any atom is -0.378 e. The topological polar surface area (TPSA) is 72.3 Å². The molecule has 2 fully saturated rings. The lowest BCUT2D eigenvalue weighted by Crippen LogP contribution is -2.38. The molecule has 4 rings (SSSR count). The molecule has 1 aromatic carbocycles. The van der Waals surface area contributed by atoms with Gasteiger partial charge in [0.15, 0.2) is 5.16 Å². The monoisotopic (exact) mass is 387 g/mol. The number of thioether (sulfide) groups is 1. The summed E-state index contributed by atoms with van der Waals surface area (Å²) in [6.45, 7) is 6.94. The number of nitrogens with one attached hydrogen (secondary N) is 1. The maximum absolute atomic E-state index is 12.4. The number of hydrogen-bond acceptors (Lipinski definition) is 6. The van der Waals surface area contributed by atoms with E-state index in [1.54, 1.807) is 0 Å². The van der Waals surface area contributed by atoms with Crippen LogP contribution < -0.4 is 10.2 Å². The van der Waals surface area contributed by atoms with Gasteiger partial charge >= 0.3 is 0 Å². The zero-order valence-electron chi connectivity index (χ0n) is 15.7. The molecule has 1 atom stereocenters. The Labute approximate surface area is 163 Å². The number of para-hydroxylation sites is 1. The highest BCUT2D eigenvalue weighted by atomic mass is 32.2. The fourth-order valence-corrected chi connectivity index (χ4v) is 3.95. The van der Waals surface area contributed by atoms with E-state index in [4.69, 9.17) is 4.74 Å². The molecule has 1 aliphatic heterocycles. The van der Waals surface area contributed by atoms with Gasteiger partial charge in [0.25, 0.3) is 0 Å². The van der Waals surface area contributed by atoms with Crippen LogP contribution >= 0.6 is 11.8 Å². The number of anilines is 1. The molecular formula is C19H25N5O2S. The maximum Gasteiger partial charge on any atom is 0.233 e. The van der Waals surface area contributed by atoms with Crippen LogP contribution in [-0.2, 0) is 9.53 Å². The lowest BCUT2D eigenvalue weighted by Gasteiger charge is -2.28. The summed E-state index contributed by atoms with van der Waals surface area (Å²) < 4.78 is 7.55. The van der Waals surface area contributed by atoms with Crippen molar-refractivity contribution in [1.29, 1.82) is 0 Å². The quantitative estimate of drug-likeness (QED) is 0.766. The second-order valence-corrected chi connectivity index (χ2v) is 8.35. The summed E-state index contributed by atoms with van der Waals surface area (Å²) in [6.07, 6.45) is 2.17. The van der Waals surface area contributed by atoms with Crippen molar-refractivity contribution in [3.63, 3.8) is 0 Å². The Morgan fingerprint density at radius 1 is 1.26 bits per heavy atom. The number of nitrogens with zero attached hydrogens (tertiary/aromatic N) is 4. The number of aromatic nitrogens is 3. The number of morpholine rings is 1. The number of carbonyl (C=O) groups is 1. The first-order valence-electron chi connectivity index (χ1n) is 9.44. The van der Waals surface area contributed by atoms with Crippen molar-refractivity contribution in [2.75, 3.05) is 31.2 Å². The zero-order chi connectivity index (χ0) is 18.8. The molecule has 8 heteroatoms. The average molecular weight is 388 g/mol. The van der Waals surface area contributed by atoms with Crippen LogP contribution in [0.2, 0.25) is 0 Å². The van der Waals surface area contributed by atoms with E-state index in [1.807, 2.05) is 19.1 Å². The van der Waals surface area contributed by atoms with Gasteiger partial charge in [-0.05, 0) is 38.3 Å². The third-order valence-electron chi connectivity index (χ3n) is 4.84. The van der Waals surface area contributed by atoms with Crippen LogP contribution in [0, 0.1) is 6.92 Å². The first-order valence-corrected chi connectivity index (χ1v) is 10.3. The van der Waals surface area contributed by atoms with Gasteiger partial charge in [0.2, 0.25) is 11.9 Å². The minimum atomic E-state index is -0.227. The molecule has 2 heterocycles. The van der Waals surface area contributed by atoms with Crippen molar-refractivity contribution in [3.8, 4) is 5.69 Å². The highest BCUT2D eigenvalue weighted by Crippen LogP contribution is 2.31. The van der Waals surface area contributed by atoms with Gasteiger partial charge in [0.05, 0.1) is 24.2 Å². The number of rotatable bonds is 6. The minimum absolute atomic E-state index is 0.0646. The molecule has 2 aliphatic rings. The van der Waals surface area contributed by atoms with E-state index >= 15 is 0 Å². The van der Waals surface area contributed by atoms with Crippen molar-refractivity contribution in [1.82, 2.24) is 20.1 Å². The highest BCUT2D eigenvalue weighted by Gasteiger charge is 2.28. The summed E-state index contributed by atoms with van der Waals surface area (Å²) in [5.41, 5.74) is 2.19. The Kier molecular flexibility index (Phi) is 5.36. The summed E-state index contributed by atoms with van der Waals surface area (Å²) in [7, 11) is 0. The van der Waals surface area contributed by atoms with Crippen molar-refractivity contribution in [2.45, 2.75) is 43.1 Å². The second-order valence-electron chi connectivity index (χ2n) is 7.05. The van der Waals surface area contributed by atoms with Crippen LogP contribution in [0.4, 0.5) is 5.95 Å². The van der Waals surface area contributed by atoms with Crippen LogP contribution in [0.1, 0.15) is 25.3 Å². The van der Waals surface area contributed by atoms with E-state index in [1.165, 1.54) is 11.8 Å². The summed E-state index contributed by atoms with van der Waals surface area (Å²) in [5, 5.41) is 12.5. The number of hydrogen-bond donors (Lipinski definition) is 1. The van der Waals surface area contributed by atoms with Gasteiger partial charge in [-0.3, -0.25) is 9.36 Å². The molecule has 1 amide bonds. The van der Waals surface area contributed by atoms with Gasteiger partial charge in [-0.1, -0.05) is 30.0 Å². The predicted octanol–water partition coefficient (Wildman–Crippen LogP) is 2.17. The van der Waals surface area contributed by atoms with Crippen molar-refractivity contribution < 1.29 is 9.53 Å². The molecule has 2 aromatic rings. The molecule has 1 aromatic heterocycles. The number of benzene rings is 1. The molecule has 7 nitrogen and oxygen atoms in total. The summed E-state index contributed by atoms with van der Waals surface area (Å²) in [5.74, 6) is 0.875. The van der Waals surface area contributed by atoms with Crippen molar-refractivity contribution >= 4 is 23.6 Å². The van der Waals surface area contributed by atoms with Gasteiger partial charge in [0.1, 0.15) is 0 Å². The zero-order valence-corrected chi connectivity index (χ0v) is 16.5. The normalized spacial score (nSPS) is 18.4. The fraction of sp³-hybridized carbons (Fsp3) is 0.526. The van der Waals surface area contributed by atoms with Gasteiger partial charge in [-0.15, -0.1) is 10.2 Å². The smallest absolute Gasteiger partial charge is 0.233 e. The fourth-order valence-electron chi connectivity index (χ4n) is 3.09. The standard InChI is InChI=1S/C19H25N5O2S/c1-13-5-3-4-6-16(13)24-18(23-9-11-26-12-10-23)21-22-19(24)27-14(2)17(25)20-15-7-8-15/h3-6,14-15H,7-12H2,1-2H3,(H,20,25)/t14-/m1/s1. The first kappa shape index (κ1) is 18.3. The van der Waals surface area contributed by atoms with E-state index in [-0.39, 0.29) is 11.2 Å². The van der Waals surface area contributed by atoms with Crippen LogP contribution in [0.3, 0.4) is 0 Å². The molecule has 0 spiro atoms. The molecule has 27 heavy (non-hydrogen) atoms. The molecule has 1 N–H and O–H groups in total. The van der Waals surface area contributed by atoms with E-state index < -0.39 is 0 Å². The molecular weight excluding hydrogens is 362 g/mol. The molecule has 1 saturated carbocycles. The number of amides is 1. The maximum atomic E-state index is 12.4. The van der Waals surface area contributed by atoms with Crippen LogP contribution in [0.5, 0.6) is 0 Å². The second kappa shape index (κ2) is 7.90. The van der Waals surface area contributed by atoms with Gasteiger partial charge in [0, 0.05) is 19.1 Å². The molecule has 1 aliphatic carbocycles. The largest absolute Gasteiger partial charge is 0.378 e. The van der Waals surface area contributed by atoms with Crippen molar-refractivity contribution in [2.24, 2.45) is 0 Å². The average Bonchev–Trinajstić information content (AvgIpc) is 3.40. The van der Waals surface area contributed by atoms with E-state index in [9.17, 15) is 4.79 Å². The summed E-state index contributed by atoms with van der Waals surface area (Å²) >= 11 is 1.46. The highest BCUT2D eigenvalue weighted by molar-refractivity contribution is 8.00. The summed E-state index contributed by atoms with van der Waals surface area (Å²) in [6, 6.07) is 8.55. The number of ether oxygens (including phenoxy) is 1.